The molecule has 1 heteroatoms. The number of anilines is 3. The van der Waals surface area contributed by atoms with E-state index in [0.717, 1.165) is 17.1 Å². The van der Waals surface area contributed by atoms with Crippen molar-refractivity contribution >= 4 is 60.2 Å². The molecule has 53 heavy (non-hydrogen) atoms. The predicted molar refractivity (Wildman–Crippen MR) is 227 cm³/mol. The van der Waals surface area contributed by atoms with Gasteiger partial charge in [-0.15, -0.1) is 0 Å². The van der Waals surface area contributed by atoms with Crippen LogP contribution in [-0.2, 0) is 0 Å². The van der Waals surface area contributed by atoms with Crippen molar-refractivity contribution in [1.29, 1.82) is 0 Å². The third kappa shape index (κ3) is 5.51. The van der Waals surface area contributed by atoms with Gasteiger partial charge < -0.3 is 4.90 Å². The van der Waals surface area contributed by atoms with Crippen LogP contribution in [0.2, 0.25) is 0 Å². The quantitative estimate of drug-likeness (QED) is 0.159. The van der Waals surface area contributed by atoms with E-state index in [1.807, 2.05) is 0 Å². The van der Waals surface area contributed by atoms with Gasteiger partial charge in [-0.3, -0.25) is 0 Å². The van der Waals surface area contributed by atoms with Gasteiger partial charge in [0.05, 0.1) is 0 Å². The highest BCUT2D eigenvalue weighted by atomic mass is 15.1. The highest BCUT2D eigenvalue weighted by molar-refractivity contribution is 6.25. The van der Waals surface area contributed by atoms with E-state index < -0.39 is 0 Å². The monoisotopic (exact) mass is 673 g/mol. The van der Waals surface area contributed by atoms with Crippen LogP contribution >= 0.6 is 0 Å². The van der Waals surface area contributed by atoms with E-state index in [9.17, 15) is 0 Å². The van der Waals surface area contributed by atoms with Crippen molar-refractivity contribution in [3.63, 3.8) is 0 Å². The van der Waals surface area contributed by atoms with Crippen molar-refractivity contribution in [3.05, 3.63) is 212 Å². The van der Waals surface area contributed by atoms with E-state index in [2.05, 4.69) is 217 Å². The van der Waals surface area contributed by atoms with E-state index in [4.69, 9.17) is 0 Å². The number of benzene rings is 10. The fraction of sp³-hybridized carbons (Fsp3) is 0. The predicted octanol–water partition coefficient (Wildman–Crippen LogP) is 14.8. The summed E-state index contributed by atoms with van der Waals surface area (Å²) in [5, 5.41) is 10.1. The number of fused-ring (bicyclic) bond motifs is 7. The van der Waals surface area contributed by atoms with Gasteiger partial charge in [0.25, 0.3) is 0 Å². The summed E-state index contributed by atoms with van der Waals surface area (Å²) in [4.78, 5) is 2.41. The third-order valence-corrected chi connectivity index (χ3v) is 10.6. The second-order valence-electron chi connectivity index (χ2n) is 13.7. The van der Waals surface area contributed by atoms with Crippen molar-refractivity contribution < 1.29 is 0 Å². The first-order chi connectivity index (χ1) is 26.3. The first-order valence-electron chi connectivity index (χ1n) is 18.3. The lowest BCUT2D eigenvalue weighted by molar-refractivity contribution is 1.29. The molecule has 248 valence electrons. The molecule has 1 nitrogen and oxygen atoms in total. The zero-order valence-electron chi connectivity index (χ0n) is 29.2. The van der Waals surface area contributed by atoms with Crippen LogP contribution in [0.25, 0.3) is 76.5 Å². The largest absolute Gasteiger partial charge is 0.310 e. The highest BCUT2D eigenvalue weighted by Crippen LogP contribution is 2.42. The zero-order chi connectivity index (χ0) is 35.1. The lowest BCUT2D eigenvalue weighted by atomic mass is 9.93. The van der Waals surface area contributed by atoms with E-state index in [1.165, 1.54) is 76.5 Å². The molecule has 0 aliphatic carbocycles. The van der Waals surface area contributed by atoms with Crippen LogP contribution in [0.5, 0.6) is 0 Å². The highest BCUT2D eigenvalue weighted by Gasteiger charge is 2.17. The topological polar surface area (TPSA) is 3.24 Å². The Balaban J connectivity index is 1.16. The van der Waals surface area contributed by atoms with E-state index >= 15 is 0 Å². The molecule has 0 N–H and O–H groups in total. The molecule has 0 amide bonds. The summed E-state index contributed by atoms with van der Waals surface area (Å²) in [7, 11) is 0. The Morgan fingerprint density at radius 1 is 0.226 bits per heavy atom. The molecular formula is C52H35N. The molecule has 0 radical (unpaired) electrons. The molecule has 0 saturated carbocycles. The lowest BCUT2D eigenvalue weighted by Gasteiger charge is -2.27. The fourth-order valence-corrected chi connectivity index (χ4v) is 8.11. The maximum atomic E-state index is 2.41. The van der Waals surface area contributed by atoms with Crippen molar-refractivity contribution in [2.45, 2.75) is 0 Å². The fourth-order valence-electron chi connectivity index (χ4n) is 8.11. The minimum absolute atomic E-state index is 1.10. The minimum atomic E-state index is 1.10. The van der Waals surface area contributed by atoms with Gasteiger partial charge in [0, 0.05) is 17.1 Å². The summed E-state index contributed by atoms with van der Waals surface area (Å²) in [6, 6.07) is 77.3. The number of rotatable bonds is 6. The van der Waals surface area contributed by atoms with Crippen LogP contribution in [0, 0.1) is 0 Å². The standard InChI is InChI=1S/C52H35N/c1-2-14-36(15-3-1)39-19-11-22-42(33-39)53(44-30-31-51-49-27-7-6-25-47(49)48-26-8-9-28-50(48)52(51)35-44)43-23-12-20-40(34-43)38-18-10-21-41(32-38)46-29-13-17-37-16-4-5-24-45(37)46/h1-35H. The van der Waals surface area contributed by atoms with Crippen LogP contribution < -0.4 is 4.90 Å². The van der Waals surface area contributed by atoms with Crippen LogP contribution in [-0.4, -0.2) is 0 Å². The van der Waals surface area contributed by atoms with Crippen LogP contribution in [0.4, 0.5) is 17.1 Å². The minimum Gasteiger partial charge on any atom is -0.310 e. The Hall–Kier alpha value is -6.96. The van der Waals surface area contributed by atoms with Gasteiger partial charge in [-0.25, -0.2) is 0 Å². The van der Waals surface area contributed by atoms with Gasteiger partial charge in [0.15, 0.2) is 0 Å². The average molecular weight is 674 g/mol. The van der Waals surface area contributed by atoms with Crippen molar-refractivity contribution in [1.82, 2.24) is 0 Å². The van der Waals surface area contributed by atoms with Gasteiger partial charge in [-0.05, 0) is 119 Å². The molecule has 0 aliphatic rings. The summed E-state index contributed by atoms with van der Waals surface area (Å²) >= 11 is 0. The molecule has 0 spiro atoms. The van der Waals surface area contributed by atoms with Crippen molar-refractivity contribution in [2.75, 3.05) is 4.90 Å². The van der Waals surface area contributed by atoms with Crippen molar-refractivity contribution in [2.24, 2.45) is 0 Å². The van der Waals surface area contributed by atoms with E-state index in [1.54, 1.807) is 0 Å². The molecule has 10 aromatic rings. The Kier molecular flexibility index (Phi) is 7.55. The van der Waals surface area contributed by atoms with E-state index in [-0.39, 0.29) is 0 Å². The van der Waals surface area contributed by atoms with Gasteiger partial charge in [0.1, 0.15) is 0 Å². The molecular weight excluding hydrogens is 639 g/mol. The van der Waals surface area contributed by atoms with Gasteiger partial charge in [0.2, 0.25) is 0 Å². The average Bonchev–Trinajstić information content (AvgIpc) is 3.24. The summed E-state index contributed by atoms with van der Waals surface area (Å²) in [6.07, 6.45) is 0. The maximum Gasteiger partial charge on any atom is 0.0468 e. The molecule has 0 aromatic heterocycles. The first kappa shape index (κ1) is 30.8. The molecule has 0 unspecified atom stereocenters. The van der Waals surface area contributed by atoms with Crippen molar-refractivity contribution in [3.8, 4) is 33.4 Å². The second kappa shape index (κ2) is 13.0. The Labute approximate surface area is 309 Å². The molecule has 0 aliphatic heterocycles. The summed E-state index contributed by atoms with van der Waals surface area (Å²) in [6.45, 7) is 0. The van der Waals surface area contributed by atoms with Gasteiger partial charge in [-0.1, -0.05) is 170 Å². The van der Waals surface area contributed by atoms with Gasteiger partial charge in [-0.2, -0.15) is 0 Å². The number of nitrogens with zero attached hydrogens (tertiary/aromatic N) is 1. The Morgan fingerprint density at radius 3 is 1.34 bits per heavy atom. The molecule has 0 bridgehead atoms. The first-order valence-corrected chi connectivity index (χ1v) is 18.3. The molecule has 10 aromatic carbocycles. The maximum absolute atomic E-state index is 2.41. The van der Waals surface area contributed by atoms with E-state index in [0.29, 0.717) is 0 Å². The normalized spacial score (nSPS) is 11.4. The summed E-state index contributed by atoms with van der Waals surface area (Å²) < 4.78 is 0. The smallest absolute Gasteiger partial charge is 0.0468 e. The Bertz CT molecular complexity index is 2920. The summed E-state index contributed by atoms with van der Waals surface area (Å²) in [5.41, 5.74) is 10.5. The Morgan fingerprint density at radius 2 is 0.660 bits per heavy atom. The SMILES string of the molecule is c1ccc(-c2cccc(N(c3cccc(-c4cccc(-c5cccc6ccccc56)c4)c3)c3ccc4c5ccccc5c5ccccc5c4c3)c2)cc1. The molecule has 10 rings (SSSR count). The molecule has 0 saturated heterocycles. The summed E-state index contributed by atoms with van der Waals surface area (Å²) in [5.74, 6) is 0. The lowest BCUT2D eigenvalue weighted by Crippen LogP contribution is -2.10. The molecule has 0 fully saturated rings. The van der Waals surface area contributed by atoms with Crippen LogP contribution in [0.3, 0.4) is 0 Å². The number of hydrogen-bond acceptors (Lipinski definition) is 1. The van der Waals surface area contributed by atoms with Crippen LogP contribution in [0.1, 0.15) is 0 Å². The third-order valence-electron chi connectivity index (χ3n) is 10.6. The second-order valence-corrected chi connectivity index (χ2v) is 13.7. The molecule has 0 heterocycles. The van der Waals surface area contributed by atoms with Gasteiger partial charge >= 0.3 is 0 Å². The van der Waals surface area contributed by atoms with Crippen LogP contribution in [0.15, 0.2) is 212 Å². The number of hydrogen-bond donors (Lipinski definition) is 0. The zero-order valence-corrected chi connectivity index (χ0v) is 29.2. The molecule has 0 atom stereocenters.